The molecule has 1 saturated heterocycles. The predicted octanol–water partition coefficient (Wildman–Crippen LogP) is 3.39. The van der Waals surface area contributed by atoms with E-state index in [9.17, 15) is 4.79 Å². The van der Waals surface area contributed by atoms with Crippen molar-refractivity contribution in [1.82, 2.24) is 10.1 Å². The van der Waals surface area contributed by atoms with Crippen LogP contribution in [0, 0.1) is 0 Å². The normalized spacial score (nSPS) is 14.9. The van der Waals surface area contributed by atoms with Crippen molar-refractivity contribution in [2.75, 3.05) is 26.2 Å². The van der Waals surface area contributed by atoms with Gasteiger partial charge in [-0.1, -0.05) is 28.9 Å². The van der Waals surface area contributed by atoms with Crippen molar-refractivity contribution in [3.63, 3.8) is 0 Å². The lowest BCUT2D eigenvalue weighted by Crippen LogP contribution is -2.40. The maximum Gasteiger partial charge on any atom is 0.292 e. The molecule has 0 radical (unpaired) electrons. The van der Waals surface area contributed by atoms with Gasteiger partial charge in [-0.2, -0.15) is 0 Å². The Morgan fingerprint density at radius 2 is 2.12 bits per heavy atom. The Balaban J connectivity index is 0.00000243. The van der Waals surface area contributed by atoms with E-state index in [2.05, 4.69) is 5.16 Å². The largest absolute Gasteiger partial charge is 0.378 e. The number of hydrogen-bond acceptors (Lipinski definition) is 5. The highest BCUT2D eigenvalue weighted by Crippen LogP contribution is 2.24. The summed E-state index contributed by atoms with van der Waals surface area (Å²) in [6, 6.07) is 8.96. The third-order valence-corrected chi connectivity index (χ3v) is 4.51. The van der Waals surface area contributed by atoms with Gasteiger partial charge in [-0.05, 0) is 37.9 Å². The van der Waals surface area contributed by atoms with E-state index in [0.717, 1.165) is 24.8 Å². The molecule has 1 amide bonds. The number of likely N-dealkylation sites (tertiary alicyclic amines) is 1. The van der Waals surface area contributed by atoms with Gasteiger partial charge in [-0.3, -0.25) is 4.79 Å². The molecule has 0 unspecified atom stereocenters. The second-order valence-electron chi connectivity index (χ2n) is 6.09. The number of hydrogen-bond donors (Lipinski definition) is 1. The van der Waals surface area contributed by atoms with E-state index in [1.54, 1.807) is 23.1 Å². The number of aromatic nitrogens is 1. The lowest BCUT2D eigenvalue weighted by atomic mass is 10.1. The molecular formula is C18H23Cl2N3O3. The molecule has 1 aromatic carbocycles. The van der Waals surface area contributed by atoms with Crippen molar-refractivity contribution in [3.8, 4) is 11.3 Å². The van der Waals surface area contributed by atoms with Crippen LogP contribution in [0.1, 0.15) is 29.8 Å². The number of amides is 1. The van der Waals surface area contributed by atoms with Crippen molar-refractivity contribution in [2.45, 2.75) is 25.4 Å². The van der Waals surface area contributed by atoms with Crippen molar-refractivity contribution >= 4 is 29.9 Å². The van der Waals surface area contributed by atoms with E-state index in [1.807, 2.05) is 12.1 Å². The first-order chi connectivity index (χ1) is 12.2. The maximum absolute atomic E-state index is 12.6. The third-order valence-electron chi connectivity index (χ3n) is 4.27. The van der Waals surface area contributed by atoms with E-state index in [4.69, 9.17) is 26.6 Å². The molecule has 0 atom stereocenters. The number of ether oxygens (including phenoxy) is 1. The van der Waals surface area contributed by atoms with Crippen molar-refractivity contribution < 1.29 is 14.1 Å². The number of halogens is 2. The summed E-state index contributed by atoms with van der Waals surface area (Å²) in [6.45, 7) is 2.62. The summed E-state index contributed by atoms with van der Waals surface area (Å²) in [7, 11) is 0. The Hall–Kier alpha value is -1.60. The van der Waals surface area contributed by atoms with Gasteiger partial charge < -0.3 is 19.9 Å². The standard InChI is InChI=1S/C18H22ClN3O3.ClH/c19-14-4-1-3-13(11-14)16-12-17(25-21-16)18(23)22-8-5-15(6-9-22)24-10-2-7-20;/h1,3-4,11-12,15H,2,5-10,20H2;1H. The summed E-state index contributed by atoms with van der Waals surface area (Å²) in [5, 5.41) is 4.61. The maximum atomic E-state index is 12.6. The molecule has 2 N–H and O–H groups in total. The zero-order chi connectivity index (χ0) is 17.6. The van der Waals surface area contributed by atoms with Crippen molar-refractivity contribution in [2.24, 2.45) is 5.73 Å². The monoisotopic (exact) mass is 399 g/mol. The fraction of sp³-hybridized carbons (Fsp3) is 0.444. The molecule has 0 bridgehead atoms. The van der Waals surface area contributed by atoms with Gasteiger partial charge in [0.25, 0.3) is 5.91 Å². The first-order valence-corrected chi connectivity index (χ1v) is 8.89. The third kappa shape index (κ3) is 5.20. The van der Waals surface area contributed by atoms with E-state index < -0.39 is 0 Å². The molecule has 142 valence electrons. The number of carbonyl (C=O) groups is 1. The number of carbonyl (C=O) groups excluding carboxylic acids is 1. The van der Waals surface area contributed by atoms with Crippen molar-refractivity contribution in [1.29, 1.82) is 0 Å². The molecule has 1 aliphatic rings. The summed E-state index contributed by atoms with van der Waals surface area (Å²) >= 11 is 5.99. The van der Waals surface area contributed by atoms with Gasteiger partial charge >= 0.3 is 0 Å². The van der Waals surface area contributed by atoms with Gasteiger partial charge in [0.2, 0.25) is 5.76 Å². The van der Waals surface area contributed by atoms with Crippen LogP contribution >= 0.6 is 24.0 Å². The van der Waals surface area contributed by atoms with Gasteiger partial charge in [0.05, 0.1) is 6.10 Å². The van der Waals surface area contributed by atoms with Crippen LogP contribution in [0.25, 0.3) is 11.3 Å². The molecule has 0 spiro atoms. The first kappa shape index (κ1) is 20.7. The van der Waals surface area contributed by atoms with Gasteiger partial charge in [0.1, 0.15) is 5.69 Å². The highest BCUT2D eigenvalue weighted by atomic mass is 35.5. The Kier molecular flexibility index (Phi) is 7.90. The molecule has 1 aliphatic heterocycles. The van der Waals surface area contributed by atoms with Gasteiger partial charge in [-0.25, -0.2) is 0 Å². The topological polar surface area (TPSA) is 81.6 Å². The average Bonchev–Trinajstić information content (AvgIpc) is 3.12. The number of rotatable bonds is 6. The van der Waals surface area contributed by atoms with E-state index in [1.165, 1.54) is 0 Å². The second kappa shape index (κ2) is 9.92. The minimum absolute atomic E-state index is 0. The summed E-state index contributed by atoms with van der Waals surface area (Å²) in [4.78, 5) is 14.4. The highest BCUT2D eigenvalue weighted by molar-refractivity contribution is 6.30. The lowest BCUT2D eigenvalue weighted by Gasteiger charge is -2.31. The summed E-state index contributed by atoms with van der Waals surface area (Å²) in [5.74, 6) is 0.110. The molecule has 8 heteroatoms. The number of benzene rings is 1. The van der Waals surface area contributed by atoms with Crippen LogP contribution in [0.4, 0.5) is 0 Å². The predicted molar refractivity (Wildman–Crippen MR) is 103 cm³/mol. The Morgan fingerprint density at radius 3 is 2.81 bits per heavy atom. The molecule has 6 nitrogen and oxygen atoms in total. The molecule has 2 aromatic rings. The van der Waals surface area contributed by atoms with Crippen molar-refractivity contribution in [3.05, 3.63) is 41.1 Å². The van der Waals surface area contributed by atoms with E-state index in [-0.39, 0.29) is 30.2 Å². The number of nitrogens with two attached hydrogens (primary N) is 1. The quantitative estimate of drug-likeness (QED) is 0.752. The second-order valence-corrected chi connectivity index (χ2v) is 6.53. The van der Waals surface area contributed by atoms with Crippen LogP contribution in [0.15, 0.2) is 34.9 Å². The molecule has 1 fully saturated rings. The zero-order valence-electron chi connectivity index (χ0n) is 14.4. The summed E-state index contributed by atoms with van der Waals surface area (Å²) in [6.07, 6.45) is 2.72. The van der Waals surface area contributed by atoms with Crippen LogP contribution in [0.3, 0.4) is 0 Å². The van der Waals surface area contributed by atoms with Crippen LogP contribution in [0.2, 0.25) is 5.02 Å². The smallest absolute Gasteiger partial charge is 0.292 e. The average molecular weight is 400 g/mol. The Labute approximate surface area is 164 Å². The van der Waals surface area contributed by atoms with Gasteiger partial charge in [-0.15, -0.1) is 12.4 Å². The van der Waals surface area contributed by atoms with Gasteiger partial charge in [0, 0.05) is 36.3 Å². The fourth-order valence-electron chi connectivity index (χ4n) is 2.87. The SMILES string of the molecule is Cl.NCCCOC1CCN(C(=O)c2cc(-c3cccc(Cl)c3)no2)CC1. The minimum atomic E-state index is -0.138. The Morgan fingerprint density at radius 1 is 1.35 bits per heavy atom. The molecule has 2 heterocycles. The van der Waals surface area contributed by atoms with Crippen LogP contribution in [-0.2, 0) is 4.74 Å². The lowest BCUT2D eigenvalue weighted by molar-refractivity contribution is 0.00744. The number of nitrogens with zero attached hydrogens (tertiary/aromatic N) is 2. The molecule has 1 aromatic heterocycles. The molecule has 0 aliphatic carbocycles. The zero-order valence-corrected chi connectivity index (χ0v) is 16.0. The highest BCUT2D eigenvalue weighted by Gasteiger charge is 2.26. The van der Waals surface area contributed by atoms with Crippen LogP contribution in [-0.4, -0.2) is 48.3 Å². The van der Waals surface area contributed by atoms with Crippen LogP contribution < -0.4 is 5.73 Å². The Bertz CT molecular complexity index is 715. The number of piperidine rings is 1. The summed E-state index contributed by atoms with van der Waals surface area (Å²) < 4.78 is 11.0. The van der Waals surface area contributed by atoms with E-state index in [0.29, 0.717) is 37.0 Å². The minimum Gasteiger partial charge on any atom is -0.378 e. The molecule has 3 rings (SSSR count). The van der Waals surface area contributed by atoms with E-state index >= 15 is 0 Å². The molecule has 0 saturated carbocycles. The fourth-order valence-corrected chi connectivity index (χ4v) is 3.06. The summed E-state index contributed by atoms with van der Waals surface area (Å²) in [5.41, 5.74) is 6.89. The van der Waals surface area contributed by atoms with Gasteiger partial charge in [0.15, 0.2) is 0 Å². The first-order valence-electron chi connectivity index (χ1n) is 8.51. The van der Waals surface area contributed by atoms with Crippen LogP contribution in [0.5, 0.6) is 0 Å². The molecular weight excluding hydrogens is 377 g/mol. The molecule has 26 heavy (non-hydrogen) atoms.